The molecule has 0 spiro atoms. The molecule has 4 nitrogen and oxygen atoms in total. The van der Waals surface area contributed by atoms with Crippen molar-refractivity contribution in [1.82, 2.24) is 4.72 Å². The Kier molecular flexibility index (Phi) is 5.11. The van der Waals surface area contributed by atoms with Crippen molar-refractivity contribution in [3.05, 3.63) is 29.8 Å². The summed E-state index contributed by atoms with van der Waals surface area (Å²) in [6.07, 6.45) is 0.914. The fraction of sp³-hybridized carbons (Fsp3) is 0.500. The summed E-state index contributed by atoms with van der Waals surface area (Å²) in [5.41, 5.74) is 1.14. The maximum atomic E-state index is 11.9. The van der Waals surface area contributed by atoms with Crippen molar-refractivity contribution in [3.63, 3.8) is 0 Å². The summed E-state index contributed by atoms with van der Waals surface area (Å²) in [6, 6.07) is 7.02. The third kappa shape index (κ3) is 4.46. The summed E-state index contributed by atoms with van der Waals surface area (Å²) in [6.45, 7) is 3.27. The Hall–Kier alpha value is -0.910. The Bertz CT molecular complexity index is 438. The molecule has 0 atom stereocenters. The Morgan fingerprint density at radius 2 is 1.76 bits per heavy atom. The number of nitrogens with one attached hydrogen (secondary N) is 2. The molecule has 2 N–H and O–H groups in total. The van der Waals surface area contributed by atoms with E-state index in [9.17, 15) is 8.42 Å². The third-order valence-corrected chi connectivity index (χ3v) is 4.04. The normalized spacial score (nSPS) is 12.0. The number of aryl methyl sites for hydroxylation is 1. The van der Waals surface area contributed by atoms with E-state index in [-0.39, 0.29) is 0 Å². The second-order valence-corrected chi connectivity index (χ2v) is 6.12. The first-order chi connectivity index (χ1) is 7.95. The van der Waals surface area contributed by atoms with Crippen LogP contribution >= 0.6 is 0 Å². The van der Waals surface area contributed by atoms with Gasteiger partial charge in [0, 0.05) is 0 Å². The lowest BCUT2D eigenvalue weighted by Crippen LogP contribution is -3.06. The molecule has 0 heterocycles. The molecule has 96 valence electrons. The number of benzene rings is 1. The van der Waals surface area contributed by atoms with Gasteiger partial charge in [-0.2, -0.15) is 0 Å². The highest BCUT2D eigenvalue weighted by atomic mass is 32.2. The minimum Gasteiger partial charge on any atom is -0.339 e. The largest absolute Gasteiger partial charge is 0.339 e. The number of hydrogen-bond donors (Lipinski definition) is 2. The fourth-order valence-corrected chi connectivity index (χ4v) is 2.45. The Morgan fingerprint density at radius 1 is 1.18 bits per heavy atom. The van der Waals surface area contributed by atoms with Crippen LogP contribution in [0.1, 0.15) is 12.5 Å². The Morgan fingerprint density at radius 3 is 2.24 bits per heavy atom. The van der Waals surface area contributed by atoms with Crippen LogP contribution in [-0.2, 0) is 16.4 Å². The van der Waals surface area contributed by atoms with Crippen LogP contribution in [0.3, 0.4) is 0 Å². The van der Waals surface area contributed by atoms with Crippen molar-refractivity contribution in [3.8, 4) is 0 Å². The molecule has 1 aromatic carbocycles. The number of quaternary nitrogens is 1. The number of rotatable bonds is 6. The molecule has 5 heteroatoms. The highest BCUT2D eigenvalue weighted by Crippen LogP contribution is 2.10. The van der Waals surface area contributed by atoms with Gasteiger partial charge in [0.15, 0.2) is 0 Å². The van der Waals surface area contributed by atoms with Crippen LogP contribution in [0.15, 0.2) is 29.2 Å². The van der Waals surface area contributed by atoms with Gasteiger partial charge in [-0.1, -0.05) is 19.1 Å². The molecule has 0 saturated heterocycles. The standard InChI is InChI=1S/C12H20N2O2S/c1-4-11-5-7-12(8-6-11)17(15,16)13-9-10-14(2)3/h5-8,13H,4,9-10H2,1-3H3/p+1. The minimum absolute atomic E-state index is 0.337. The molecular formula is C12H21N2O2S+. The summed E-state index contributed by atoms with van der Waals surface area (Å²) in [5, 5.41) is 0. The van der Waals surface area contributed by atoms with E-state index in [2.05, 4.69) is 4.72 Å². The zero-order chi connectivity index (χ0) is 12.9. The van der Waals surface area contributed by atoms with Gasteiger partial charge < -0.3 is 4.90 Å². The second-order valence-electron chi connectivity index (χ2n) is 4.35. The van der Waals surface area contributed by atoms with Gasteiger partial charge in [0.25, 0.3) is 0 Å². The monoisotopic (exact) mass is 257 g/mol. The van der Waals surface area contributed by atoms with Crippen molar-refractivity contribution >= 4 is 10.0 Å². The molecule has 0 aliphatic rings. The van der Waals surface area contributed by atoms with Gasteiger partial charge >= 0.3 is 0 Å². The van der Waals surface area contributed by atoms with Gasteiger partial charge in [-0.3, -0.25) is 0 Å². The lowest BCUT2D eigenvalue weighted by Gasteiger charge is -2.09. The van der Waals surface area contributed by atoms with Crippen LogP contribution in [0.25, 0.3) is 0 Å². The first kappa shape index (κ1) is 14.2. The highest BCUT2D eigenvalue weighted by molar-refractivity contribution is 7.89. The second kappa shape index (κ2) is 6.14. The van der Waals surface area contributed by atoms with E-state index in [4.69, 9.17) is 0 Å². The minimum atomic E-state index is -3.34. The molecule has 0 aromatic heterocycles. The van der Waals surface area contributed by atoms with E-state index in [1.807, 2.05) is 33.2 Å². The van der Waals surface area contributed by atoms with Crippen molar-refractivity contribution in [2.24, 2.45) is 0 Å². The summed E-state index contributed by atoms with van der Waals surface area (Å²) in [7, 11) is 0.637. The smallest absolute Gasteiger partial charge is 0.240 e. The van der Waals surface area contributed by atoms with E-state index in [0.717, 1.165) is 18.5 Å². The molecule has 0 amide bonds. The Balaban J connectivity index is 2.68. The zero-order valence-electron chi connectivity index (χ0n) is 10.7. The van der Waals surface area contributed by atoms with Crippen LogP contribution in [0.2, 0.25) is 0 Å². The molecule has 0 aliphatic carbocycles. The first-order valence-corrected chi connectivity index (χ1v) is 7.31. The SMILES string of the molecule is CCc1ccc(S(=O)(=O)NCC[NH+](C)C)cc1. The van der Waals surface area contributed by atoms with E-state index >= 15 is 0 Å². The van der Waals surface area contributed by atoms with Crippen molar-refractivity contribution in [2.45, 2.75) is 18.2 Å². The quantitative estimate of drug-likeness (QED) is 0.733. The number of likely N-dealkylation sites (N-methyl/N-ethyl adjacent to an activating group) is 1. The molecule has 17 heavy (non-hydrogen) atoms. The molecule has 0 radical (unpaired) electrons. The van der Waals surface area contributed by atoms with Crippen molar-refractivity contribution in [1.29, 1.82) is 0 Å². The molecule has 0 bridgehead atoms. The molecular weight excluding hydrogens is 236 g/mol. The topological polar surface area (TPSA) is 50.6 Å². The van der Waals surface area contributed by atoms with Gasteiger partial charge in [-0.15, -0.1) is 0 Å². The van der Waals surface area contributed by atoms with Gasteiger partial charge in [0.2, 0.25) is 10.0 Å². The molecule has 0 fully saturated rings. The van der Waals surface area contributed by atoms with E-state index < -0.39 is 10.0 Å². The zero-order valence-corrected chi connectivity index (χ0v) is 11.5. The molecule has 0 saturated carbocycles. The van der Waals surface area contributed by atoms with Crippen LogP contribution in [0.5, 0.6) is 0 Å². The number of sulfonamides is 1. The molecule has 1 rings (SSSR count). The van der Waals surface area contributed by atoms with Crippen molar-refractivity contribution in [2.75, 3.05) is 27.2 Å². The highest BCUT2D eigenvalue weighted by Gasteiger charge is 2.13. The Labute approximate surface area is 104 Å². The summed E-state index contributed by atoms with van der Waals surface area (Å²) < 4.78 is 26.4. The summed E-state index contributed by atoms with van der Waals surface area (Å²) in [5.74, 6) is 0. The van der Waals surface area contributed by atoms with E-state index in [1.54, 1.807) is 12.1 Å². The predicted molar refractivity (Wildman–Crippen MR) is 68.7 cm³/mol. The van der Waals surface area contributed by atoms with E-state index in [0.29, 0.717) is 11.4 Å². The lowest BCUT2D eigenvalue weighted by molar-refractivity contribution is -0.856. The average Bonchev–Trinajstić information content (AvgIpc) is 2.28. The predicted octanol–water partition coefficient (Wildman–Crippen LogP) is -0.328. The van der Waals surface area contributed by atoms with Gasteiger partial charge in [0.05, 0.1) is 32.1 Å². The van der Waals surface area contributed by atoms with Crippen LogP contribution < -0.4 is 9.62 Å². The number of hydrogen-bond acceptors (Lipinski definition) is 2. The van der Waals surface area contributed by atoms with Crippen LogP contribution in [0.4, 0.5) is 0 Å². The van der Waals surface area contributed by atoms with Gasteiger partial charge in [-0.05, 0) is 24.1 Å². The van der Waals surface area contributed by atoms with Crippen LogP contribution in [-0.4, -0.2) is 35.6 Å². The van der Waals surface area contributed by atoms with Crippen molar-refractivity contribution < 1.29 is 13.3 Å². The molecule has 1 aromatic rings. The summed E-state index contributed by atoms with van der Waals surface area (Å²) >= 11 is 0. The third-order valence-electron chi connectivity index (χ3n) is 2.56. The van der Waals surface area contributed by atoms with Crippen LogP contribution in [0, 0.1) is 0 Å². The molecule has 0 unspecified atom stereocenters. The lowest BCUT2D eigenvalue weighted by atomic mass is 10.2. The van der Waals surface area contributed by atoms with Gasteiger partial charge in [0.1, 0.15) is 0 Å². The average molecular weight is 257 g/mol. The van der Waals surface area contributed by atoms with E-state index in [1.165, 1.54) is 4.90 Å². The van der Waals surface area contributed by atoms with Gasteiger partial charge in [-0.25, -0.2) is 13.1 Å². The summed E-state index contributed by atoms with van der Waals surface area (Å²) in [4.78, 5) is 1.55. The first-order valence-electron chi connectivity index (χ1n) is 5.83. The maximum absolute atomic E-state index is 11.9. The fourth-order valence-electron chi connectivity index (χ4n) is 1.42. The molecule has 0 aliphatic heterocycles. The maximum Gasteiger partial charge on any atom is 0.240 e.